The van der Waals surface area contributed by atoms with Crippen LogP contribution in [0, 0.1) is 0 Å². The summed E-state index contributed by atoms with van der Waals surface area (Å²) < 4.78 is 12.7. The minimum atomic E-state index is -0.0564. The minimum Gasteiger partial charge on any atom is -0.490 e. The number of benzene rings is 2. The van der Waals surface area contributed by atoms with Crippen molar-refractivity contribution in [3.8, 4) is 11.5 Å². The molecule has 3 rings (SSSR count). The van der Waals surface area contributed by atoms with Crippen LogP contribution in [0.2, 0.25) is 0 Å². The van der Waals surface area contributed by atoms with Crippen molar-refractivity contribution < 1.29 is 14.3 Å². The Morgan fingerprint density at radius 2 is 1.89 bits per heavy atom. The molecule has 0 aliphatic carbocycles. The molecule has 7 heteroatoms. The van der Waals surface area contributed by atoms with Crippen LogP contribution < -0.4 is 9.47 Å². The number of rotatable bonds is 6. The summed E-state index contributed by atoms with van der Waals surface area (Å²) in [6, 6.07) is 13.7. The maximum atomic E-state index is 12.3. The topological polar surface area (TPSA) is 51.1 Å². The van der Waals surface area contributed by atoms with Crippen molar-refractivity contribution in [1.82, 2.24) is 4.90 Å². The summed E-state index contributed by atoms with van der Waals surface area (Å²) in [6.07, 6.45) is 1.85. The fourth-order valence-electron chi connectivity index (χ4n) is 2.64. The van der Waals surface area contributed by atoms with E-state index < -0.39 is 0 Å². The van der Waals surface area contributed by atoms with E-state index in [0.717, 1.165) is 15.6 Å². The molecular formula is C21H21BrN2O3S. The summed E-state index contributed by atoms with van der Waals surface area (Å²) in [4.78, 5) is 18.6. The average Bonchev–Trinajstić information content (AvgIpc) is 2.97. The van der Waals surface area contributed by atoms with Gasteiger partial charge < -0.3 is 9.47 Å². The Balaban J connectivity index is 1.80. The zero-order chi connectivity index (χ0) is 20.1. The molecule has 0 unspecified atom stereocenters. The van der Waals surface area contributed by atoms with Gasteiger partial charge in [-0.25, -0.2) is 0 Å². The highest BCUT2D eigenvalue weighted by molar-refractivity contribution is 9.10. The first kappa shape index (κ1) is 20.5. The number of carbonyl (C=O) groups is 1. The molecule has 1 aliphatic rings. The average molecular weight is 461 g/mol. The number of thioether (sulfide) groups is 1. The second-order valence-electron chi connectivity index (χ2n) is 6.04. The van der Waals surface area contributed by atoms with Crippen LogP contribution in [0.15, 0.2) is 56.8 Å². The predicted molar refractivity (Wildman–Crippen MR) is 118 cm³/mol. The molecule has 1 amide bonds. The first-order valence-corrected chi connectivity index (χ1v) is 10.4. The molecule has 146 valence electrons. The largest absolute Gasteiger partial charge is 0.490 e. The SMILES string of the molecule is CCOc1cc(/C=C2\SC(=NC)N(C)C2=O)ccc1OCc1ccc(Br)cc1. The normalized spacial score (nSPS) is 16.9. The van der Waals surface area contributed by atoms with Gasteiger partial charge >= 0.3 is 0 Å². The smallest absolute Gasteiger partial charge is 0.266 e. The van der Waals surface area contributed by atoms with E-state index in [1.165, 1.54) is 11.8 Å². The molecule has 1 aliphatic heterocycles. The van der Waals surface area contributed by atoms with E-state index in [9.17, 15) is 4.79 Å². The number of hydrogen-bond donors (Lipinski definition) is 0. The molecule has 0 radical (unpaired) electrons. The van der Waals surface area contributed by atoms with E-state index in [-0.39, 0.29) is 5.91 Å². The van der Waals surface area contributed by atoms with Gasteiger partial charge in [-0.1, -0.05) is 34.1 Å². The highest BCUT2D eigenvalue weighted by Crippen LogP contribution is 2.34. The molecule has 1 fully saturated rings. The lowest BCUT2D eigenvalue weighted by Crippen LogP contribution is -2.23. The van der Waals surface area contributed by atoms with E-state index in [1.807, 2.05) is 55.5 Å². The van der Waals surface area contributed by atoms with Crippen molar-refractivity contribution in [3.63, 3.8) is 0 Å². The van der Waals surface area contributed by atoms with E-state index in [1.54, 1.807) is 19.0 Å². The maximum absolute atomic E-state index is 12.3. The molecule has 0 bridgehead atoms. The molecule has 0 aromatic heterocycles. The van der Waals surface area contributed by atoms with Gasteiger partial charge in [0, 0.05) is 18.6 Å². The number of halogens is 1. The zero-order valence-electron chi connectivity index (χ0n) is 15.9. The Bertz CT molecular complexity index is 926. The number of likely N-dealkylation sites (N-methyl/N-ethyl adjacent to an activating group) is 1. The first-order valence-electron chi connectivity index (χ1n) is 8.80. The lowest BCUT2D eigenvalue weighted by atomic mass is 10.1. The van der Waals surface area contributed by atoms with Crippen LogP contribution >= 0.6 is 27.7 Å². The Kier molecular flexibility index (Phi) is 6.80. The lowest BCUT2D eigenvalue weighted by Gasteiger charge is -2.13. The van der Waals surface area contributed by atoms with Gasteiger partial charge in [0.05, 0.1) is 11.5 Å². The fraction of sp³-hybridized carbons (Fsp3) is 0.238. The molecule has 1 saturated heterocycles. The van der Waals surface area contributed by atoms with Gasteiger partial charge in [0.2, 0.25) is 0 Å². The number of amidine groups is 1. The number of ether oxygens (including phenoxy) is 2. The van der Waals surface area contributed by atoms with Crippen LogP contribution in [0.1, 0.15) is 18.1 Å². The lowest BCUT2D eigenvalue weighted by molar-refractivity contribution is -0.121. The number of hydrogen-bond acceptors (Lipinski definition) is 5. The summed E-state index contributed by atoms with van der Waals surface area (Å²) in [7, 11) is 3.41. The van der Waals surface area contributed by atoms with E-state index in [0.29, 0.717) is 34.8 Å². The van der Waals surface area contributed by atoms with Crippen molar-refractivity contribution in [3.05, 3.63) is 63.0 Å². The van der Waals surface area contributed by atoms with Gasteiger partial charge in [-0.15, -0.1) is 0 Å². The molecular weight excluding hydrogens is 440 g/mol. The highest BCUT2D eigenvalue weighted by atomic mass is 79.9. The monoisotopic (exact) mass is 460 g/mol. The third-order valence-corrected chi connectivity index (χ3v) is 5.75. The Morgan fingerprint density at radius 3 is 2.54 bits per heavy atom. The van der Waals surface area contributed by atoms with E-state index in [4.69, 9.17) is 9.47 Å². The Labute approximate surface area is 177 Å². The zero-order valence-corrected chi connectivity index (χ0v) is 18.3. The fourth-order valence-corrected chi connectivity index (χ4v) is 3.84. The van der Waals surface area contributed by atoms with Crippen molar-refractivity contribution in [2.45, 2.75) is 13.5 Å². The molecule has 1 heterocycles. The molecule has 0 spiro atoms. The number of nitrogens with zero attached hydrogens (tertiary/aromatic N) is 2. The highest BCUT2D eigenvalue weighted by Gasteiger charge is 2.29. The van der Waals surface area contributed by atoms with Crippen LogP contribution in [0.3, 0.4) is 0 Å². The van der Waals surface area contributed by atoms with Crippen molar-refractivity contribution in [1.29, 1.82) is 0 Å². The quantitative estimate of drug-likeness (QED) is 0.571. The van der Waals surface area contributed by atoms with E-state index in [2.05, 4.69) is 20.9 Å². The summed E-state index contributed by atoms with van der Waals surface area (Å²) in [6.45, 7) is 2.90. The summed E-state index contributed by atoms with van der Waals surface area (Å²) in [5.41, 5.74) is 1.94. The number of amides is 1. The van der Waals surface area contributed by atoms with Crippen LogP contribution in [-0.4, -0.2) is 36.7 Å². The van der Waals surface area contributed by atoms with Crippen molar-refractivity contribution in [2.75, 3.05) is 20.7 Å². The van der Waals surface area contributed by atoms with Crippen LogP contribution in [-0.2, 0) is 11.4 Å². The number of aliphatic imine (C=N–C) groups is 1. The maximum Gasteiger partial charge on any atom is 0.266 e. The van der Waals surface area contributed by atoms with Crippen molar-refractivity contribution in [2.24, 2.45) is 4.99 Å². The standard InChI is InChI=1S/C21H21BrN2O3S/c1-4-26-18-11-15(12-19-20(25)24(3)21(23-2)28-19)7-10-17(18)27-13-14-5-8-16(22)9-6-14/h5-12H,4,13H2,1-3H3/b19-12-,23-21?. The Hall–Kier alpha value is -2.25. The Morgan fingerprint density at radius 1 is 1.14 bits per heavy atom. The van der Waals surface area contributed by atoms with Gasteiger partial charge in [0.15, 0.2) is 16.7 Å². The van der Waals surface area contributed by atoms with Gasteiger partial charge in [-0.3, -0.25) is 14.7 Å². The van der Waals surface area contributed by atoms with E-state index >= 15 is 0 Å². The second kappa shape index (κ2) is 9.30. The summed E-state index contributed by atoms with van der Waals surface area (Å²) in [5.74, 6) is 1.27. The van der Waals surface area contributed by atoms with Crippen LogP contribution in [0.4, 0.5) is 0 Å². The minimum absolute atomic E-state index is 0.0564. The third kappa shape index (κ3) is 4.77. The molecule has 5 nitrogen and oxygen atoms in total. The first-order chi connectivity index (χ1) is 13.5. The van der Waals surface area contributed by atoms with Crippen LogP contribution in [0.25, 0.3) is 6.08 Å². The molecule has 0 atom stereocenters. The molecule has 28 heavy (non-hydrogen) atoms. The summed E-state index contributed by atoms with van der Waals surface area (Å²) >= 11 is 4.80. The third-order valence-electron chi connectivity index (χ3n) is 4.07. The van der Waals surface area contributed by atoms with Gasteiger partial charge in [0.1, 0.15) is 6.61 Å². The molecule has 2 aromatic rings. The van der Waals surface area contributed by atoms with Gasteiger partial charge in [-0.05, 0) is 60.2 Å². The summed E-state index contributed by atoms with van der Waals surface area (Å²) in [5, 5.41) is 0.690. The van der Waals surface area contributed by atoms with Gasteiger partial charge in [0.25, 0.3) is 5.91 Å². The van der Waals surface area contributed by atoms with Gasteiger partial charge in [-0.2, -0.15) is 0 Å². The molecule has 2 aromatic carbocycles. The second-order valence-corrected chi connectivity index (χ2v) is 7.96. The molecule has 0 N–H and O–H groups in total. The van der Waals surface area contributed by atoms with Crippen LogP contribution in [0.5, 0.6) is 11.5 Å². The van der Waals surface area contributed by atoms with Crippen molar-refractivity contribution >= 4 is 44.8 Å². The number of carbonyl (C=O) groups excluding carboxylic acids is 1. The predicted octanol–water partition coefficient (Wildman–Crippen LogP) is 4.96. The molecule has 0 saturated carbocycles.